The third kappa shape index (κ3) is 1.54. The Morgan fingerprint density at radius 3 is 2.94 bits per heavy atom. The van der Waals surface area contributed by atoms with Gasteiger partial charge < -0.3 is 10.1 Å². The highest BCUT2D eigenvalue weighted by atomic mass is 16.4. The van der Waals surface area contributed by atoms with Crippen LogP contribution in [0.15, 0.2) is 36.5 Å². The van der Waals surface area contributed by atoms with Crippen molar-refractivity contribution >= 4 is 27.9 Å². The van der Waals surface area contributed by atoms with E-state index in [9.17, 15) is 4.79 Å². The predicted octanol–water partition coefficient (Wildman–Crippen LogP) is 2.34. The van der Waals surface area contributed by atoms with Crippen molar-refractivity contribution < 1.29 is 9.90 Å². The van der Waals surface area contributed by atoms with Gasteiger partial charge in [-0.1, -0.05) is 18.2 Å². The summed E-state index contributed by atoms with van der Waals surface area (Å²) < 4.78 is 0. The molecule has 0 atom stereocenters. The van der Waals surface area contributed by atoms with Crippen LogP contribution in [0.1, 0.15) is 5.56 Å². The number of hydrogen-bond acceptors (Lipinski definition) is 2. The number of benzene rings is 1. The molecule has 2 heterocycles. The molecule has 3 aromatic rings. The zero-order valence-corrected chi connectivity index (χ0v) is 8.97. The minimum absolute atomic E-state index is 0.0147. The van der Waals surface area contributed by atoms with Crippen LogP contribution in [0.25, 0.3) is 21.9 Å². The van der Waals surface area contributed by atoms with Gasteiger partial charge in [-0.15, -0.1) is 0 Å². The smallest absolute Gasteiger partial charge is 0.307 e. The molecule has 0 radical (unpaired) electrons. The highest BCUT2D eigenvalue weighted by Crippen LogP contribution is 2.26. The highest BCUT2D eigenvalue weighted by Gasteiger charge is 2.11. The Labute approximate surface area is 96.9 Å². The number of aliphatic carboxylic acids is 1. The Morgan fingerprint density at radius 2 is 2.12 bits per heavy atom. The van der Waals surface area contributed by atoms with Crippen LogP contribution in [0, 0.1) is 0 Å². The minimum atomic E-state index is -0.831. The summed E-state index contributed by atoms with van der Waals surface area (Å²) in [7, 11) is 0. The van der Waals surface area contributed by atoms with Crippen molar-refractivity contribution in [1.82, 2.24) is 9.97 Å². The quantitative estimate of drug-likeness (QED) is 0.704. The van der Waals surface area contributed by atoms with Crippen LogP contribution >= 0.6 is 0 Å². The molecule has 0 bridgehead atoms. The van der Waals surface area contributed by atoms with Crippen molar-refractivity contribution in [2.24, 2.45) is 0 Å². The van der Waals surface area contributed by atoms with Gasteiger partial charge in [0.05, 0.1) is 6.42 Å². The number of aromatic nitrogens is 2. The predicted molar refractivity (Wildman–Crippen MR) is 64.9 cm³/mol. The zero-order valence-electron chi connectivity index (χ0n) is 8.97. The molecule has 2 N–H and O–H groups in total. The Bertz CT molecular complexity index is 716. The van der Waals surface area contributed by atoms with Crippen molar-refractivity contribution in [1.29, 1.82) is 0 Å². The third-order valence-corrected chi connectivity index (χ3v) is 2.83. The average molecular weight is 226 g/mol. The second-order valence-corrected chi connectivity index (χ2v) is 3.93. The molecule has 0 saturated carbocycles. The van der Waals surface area contributed by atoms with Gasteiger partial charge in [0, 0.05) is 22.5 Å². The number of aromatic amines is 1. The molecular weight excluding hydrogens is 216 g/mol. The van der Waals surface area contributed by atoms with E-state index >= 15 is 0 Å². The molecule has 0 aliphatic rings. The molecule has 0 unspecified atom stereocenters. The Hall–Kier alpha value is -2.36. The van der Waals surface area contributed by atoms with Crippen LogP contribution in [0.3, 0.4) is 0 Å². The van der Waals surface area contributed by atoms with Crippen molar-refractivity contribution in [2.75, 3.05) is 0 Å². The first-order valence-corrected chi connectivity index (χ1v) is 5.32. The fourth-order valence-electron chi connectivity index (χ4n) is 2.14. The lowest BCUT2D eigenvalue weighted by Crippen LogP contribution is -2.00. The number of carboxylic acids is 1. The summed E-state index contributed by atoms with van der Waals surface area (Å²) in [5, 5.41) is 10.8. The van der Waals surface area contributed by atoms with Gasteiger partial charge in [0.15, 0.2) is 0 Å². The number of hydrogen-bond donors (Lipinski definition) is 2. The van der Waals surface area contributed by atoms with Gasteiger partial charge in [0.1, 0.15) is 5.65 Å². The molecule has 4 heteroatoms. The molecule has 84 valence electrons. The van der Waals surface area contributed by atoms with Gasteiger partial charge >= 0.3 is 5.97 Å². The first-order valence-electron chi connectivity index (χ1n) is 5.32. The molecule has 0 saturated heterocycles. The molecule has 4 nitrogen and oxygen atoms in total. The summed E-state index contributed by atoms with van der Waals surface area (Å²) >= 11 is 0. The number of rotatable bonds is 2. The van der Waals surface area contributed by atoms with E-state index in [0.29, 0.717) is 0 Å². The molecule has 0 fully saturated rings. The lowest BCUT2D eigenvalue weighted by atomic mass is 10.1. The molecule has 1 aromatic carbocycles. The first-order chi connectivity index (χ1) is 8.25. The van der Waals surface area contributed by atoms with E-state index in [1.54, 1.807) is 12.3 Å². The summed E-state index contributed by atoms with van der Waals surface area (Å²) in [5.41, 5.74) is 2.51. The fourth-order valence-corrected chi connectivity index (χ4v) is 2.14. The lowest BCUT2D eigenvalue weighted by molar-refractivity contribution is -0.136. The van der Waals surface area contributed by atoms with Gasteiger partial charge in [0.25, 0.3) is 0 Å². The van der Waals surface area contributed by atoms with E-state index in [-0.39, 0.29) is 6.42 Å². The summed E-state index contributed by atoms with van der Waals surface area (Å²) in [6.07, 6.45) is 1.65. The topological polar surface area (TPSA) is 66.0 Å². The Balaban J connectivity index is 2.39. The summed E-state index contributed by atoms with van der Waals surface area (Å²) in [6.45, 7) is 0. The number of nitrogens with zero attached hydrogens (tertiary/aromatic N) is 1. The number of H-pyrrole nitrogens is 1. The van der Waals surface area contributed by atoms with E-state index in [4.69, 9.17) is 5.11 Å². The highest BCUT2D eigenvalue weighted by molar-refractivity contribution is 6.08. The number of carbonyl (C=O) groups is 1. The van der Waals surface area contributed by atoms with E-state index in [0.717, 1.165) is 27.5 Å². The maximum Gasteiger partial charge on any atom is 0.307 e. The van der Waals surface area contributed by atoms with Crippen LogP contribution in [0.5, 0.6) is 0 Å². The van der Waals surface area contributed by atoms with Crippen molar-refractivity contribution in [3.63, 3.8) is 0 Å². The van der Waals surface area contributed by atoms with Gasteiger partial charge in [-0.25, -0.2) is 4.98 Å². The average Bonchev–Trinajstić information content (AvgIpc) is 2.67. The van der Waals surface area contributed by atoms with Crippen LogP contribution in [0.4, 0.5) is 0 Å². The molecule has 0 aliphatic carbocycles. The Kier molecular flexibility index (Phi) is 2.08. The molecule has 3 rings (SSSR count). The summed E-state index contributed by atoms with van der Waals surface area (Å²) in [5.74, 6) is -0.831. The SMILES string of the molecule is O=C(O)Cc1ccnc2[nH]c3ccccc3c12. The monoisotopic (exact) mass is 226 g/mol. The van der Waals surface area contributed by atoms with Crippen molar-refractivity contribution in [2.45, 2.75) is 6.42 Å². The van der Waals surface area contributed by atoms with Gasteiger partial charge in [-0.2, -0.15) is 0 Å². The third-order valence-electron chi connectivity index (χ3n) is 2.83. The fraction of sp³-hybridized carbons (Fsp3) is 0.0769. The number of nitrogens with one attached hydrogen (secondary N) is 1. The molecular formula is C13H10N2O2. The second kappa shape index (κ2) is 3.59. The van der Waals surface area contributed by atoms with Crippen LogP contribution in [-0.4, -0.2) is 21.0 Å². The van der Waals surface area contributed by atoms with Crippen LogP contribution in [-0.2, 0) is 11.2 Å². The molecule has 0 aliphatic heterocycles. The minimum Gasteiger partial charge on any atom is -0.481 e. The maximum absolute atomic E-state index is 10.8. The summed E-state index contributed by atoms with van der Waals surface area (Å²) in [4.78, 5) is 18.3. The van der Waals surface area contributed by atoms with E-state index in [1.165, 1.54) is 0 Å². The molecule has 17 heavy (non-hydrogen) atoms. The maximum atomic E-state index is 10.8. The van der Waals surface area contributed by atoms with Gasteiger partial charge in [0.2, 0.25) is 0 Å². The number of para-hydroxylation sites is 1. The normalized spacial score (nSPS) is 11.1. The first kappa shape index (κ1) is 9.84. The van der Waals surface area contributed by atoms with Crippen LogP contribution < -0.4 is 0 Å². The number of carboxylic acid groups (broad SMARTS) is 1. The number of pyridine rings is 1. The van der Waals surface area contributed by atoms with Crippen molar-refractivity contribution in [3.8, 4) is 0 Å². The van der Waals surface area contributed by atoms with Crippen LogP contribution in [0.2, 0.25) is 0 Å². The van der Waals surface area contributed by atoms with E-state index in [1.807, 2.05) is 24.3 Å². The summed E-state index contributed by atoms with van der Waals surface area (Å²) in [6, 6.07) is 9.57. The molecule has 0 spiro atoms. The van der Waals surface area contributed by atoms with Crippen molar-refractivity contribution in [3.05, 3.63) is 42.1 Å². The van der Waals surface area contributed by atoms with Gasteiger partial charge in [-0.3, -0.25) is 4.79 Å². The zero-order chi connectivity index (χ0) is 11.8. The molecule has 0 amide bonds. The van der Waals surface area contributed by atoms with E-state index < -0.39 is 5.97 Å². The Morgan fingerprint density at radius 1 is 1.29 bits per heavy atom. The van der Waals surface area contributed by atoms with Gasteiger partial charge in [-0.05, 0) is 17.7 Å². The number of fused-ring (bicyclic) bond motifs is 3. The van der Waals surface area contributed by atoms with E-state index in [2.05, 4.69) is 9.97 Å². The molecule has 2 aromatic heterocycles. The standard InChI is InChI=1S/C13H10N2O2/c16-11(17)7-8-5-6-14-13-12(8)9-3-1-2-4-10(9)15-13/h1-6H,7H2,(H,14,15)(H,16,17). The second-order valence-electron chi connectivity index (χ2n) is 3.93. The lowest BCUT2D eigenvalue weighted by Gasteiger charge is -1.99. The largest absolute Gasteiger partial charge is 0.481 e.